The van der Waals surface area contributed by atoms with Gasteiger partial charge in [-0.25, -0.2) is 9.18 Å². The zero-order valence-corrected chi connectivity index (χ0v) is 20.9. The third kappa shape index (κ3) is 5.16. The fourth-order valence-corrected chi connectivity index (χ4v) is 5.39. The number of cyclic esters (lactones) is 1. The summed E-state index contributed by atoms with van der Waals surface area (Å²) < 4.78 is 37.3. The molecule has 1 aromatic heterocycles. The lowest BCUT2D eigenvalue weighted by Crippen LogP contribution is -2.42. The van der Waals surface area contributed by atoms with Crippen LogP contribution in [-0.4, -0.2) is 52.3 Å². The third-order valence-electron chi connectivity index (χ3n) is 6.11. The molecule has 0 aliphatic carbocycles. The van der Waals surface area contributed by atoms with Crippen molar-refractivity contribution in [3.63, 3.8) is 0 Å². The van der Waals surface area contributed by atoms with Crippen molar-refractivity contribution in [2.24, 2.45) is 11.3 Å². The first-order chi connectivity index (χ1) is 15.6. The molecule has 0 bridgehead atoms. The predicted octanol–water partition coefficient (Wildman–Crippen LogP) is 4.42. The number of benzene rings is 1. The maximum absolute atomic E-state index is 15.3. The number of hydrogen-bond acceptors (Lipinski definition) is 7. The first-order valence-electron chi connectivity index (χ1n) is 11.4. The lowest BCUT2D eigenvalue weighted by Gasteiger charge is -2.37. The highest BCUT2D eigenvalue weighted by atomic mass is 28.3. The van der Waals surface area contributed by atoms with Gasteiger partial charge in [-0.2, -0.15) is 0 Å². The molecule has 180 valence electrons. The van der Waals surface area contributed by atoms with E-state index in [0.717, 1.165) is 13.0 Å². The number of hydrogen-bond donors (Lipinski definition) is 0. The molecular formula is C23H32FN3O5Si. The van der Waals surface area contributed by atoms with Crippen molar-refractivity contribution in [2.45, 2.75) is 52.6 Å². The van der Waals surface area contributed by atoms with Crippen LogP contribution in [0.1, 0.15) is 27.2 Å². The van der Waals surface area contributed by atoms with Crippen molar-refractivity contribution < 1.29 is 27.6 Å². The molecule has 8 nitrogen and oxygen atoms in total. The van der Waals surface area contributed by atoms with Crippen molar-refractivity contribution >= 4 is 26.5 Å². The Labute approximate surface area is 195 Å². The molecule has 1 amide bonds. The average Bonchev–Trinajstić information content (AvgIpc) is 3.46. The summed E-state index contributed by atoms with van der Waals surface area (Å²) in [6.07, 6.45) is 1.18. The van der Waals surface area contributed by atoms with Crippen LogP contribution >= 0.6 is 0 Å². The molecule has 3 atom stereocenters. The van der Waals surface area contributed by atoms with E-state index in [0.29, 0.717) is 23.2 Å². The van der Waals surface area contributed by atoms with Crippen molar-refractivity contribution in [1.29, 1.82) is 0 Å². The second kappa shape index (κ2) is 9.34. The van der Waals surface area contributed by atoms with E-state index in [1.165, 1.54) is 17.2 Å². The Morgan fingerprint density at radius 1 is 1.27 bits per heavy atom. The Kier molecular flexibility index (Phi) is 6.67. The molecule has 10 heteroatoms. The quantitative estimate of drug-likeness (QED) is 0.547. The summed E-state index contributed by atoms with van der Waals surface area (Å²) in [5, 5.41) is 3.66. The van der Waals surface area contributed by atoms with Gasteiger partial charge in [-0.3, -0.25) is 4.90 Å². The molecule has 0 radical (unpaired) electrons. The molecule has 0 saturated carbocycles. The number of nitrogens with zero attached hydrogens (tertiary/aromatic N) is 3. The average molecular weight is 478 g/mol. The van der Waals surface area contributed by atoms with Gasteiger partial charge in [0.15, 0.2) is 15.1 Å². The molecule has 0 N–H and O–H groups in total. The first kappa shape index (κ1) is 23.6. The second-order valence-corrected chi connectivity index (χ2v) is 12.3. The van der Waals surface area contributed by atoms with E-state index in [9.17, 15) is 4.79 Å². The van der Waals surface area contributed by atoms with Crippen molar-refractivity contribution in [3.05, 3.63) is 36.3 Å². The van der Waals surface area contributed by atoms with Gasteiger partial charge >= 0.3 is 6.09 Å². The summed E-state index contributed by atoms with van der Waals surface area (Å²) in [6.45, 7) is 12.0. The monoisotopic (exact) mass is 477 g/mol. The molecule has 2 aliphatic rings. The summed E-state index contributed by atoms with van der Waals surface area (Å²) in [5.74, 6) is 0.252. The predicted molar refractivity (Wildman–Crippen MR) is 125 cm³/mol. The third-order valence-corrected chi connectivity index (χ3v) is 6.94. The lowest BCUT2D eigenvalue weighted by molar-refractivity contribution is 0.0884. The topological polar surface area (TPSA) is 77.3 Å². The number of carbonyl (C=O) groups excluding carboxylic acids is 1. The van der Waals surface area contributed by atoms with Crippen LogP contribution in [0, 0.1) is 17.2 Å². The summed E-state index contributed by atoms with van der Waals surface area (Å²) >= 11 is 0. The van der Waals surface area contributed by atoms with Gasteiger partial charge in [0.25, 0.3) is 5.88 Å². The van der Waals surface area contributed by atoms with E-state index >= 15 is 4.39 Å². The molecule has 3 heterocycles. The van der Waals surface area contributed by atoms with Crippen LogP contribution in [0.4, 0.5) is 20.6 Å². The Morgan fingerprint density at radius 2 is 2.06 bits per heavy atom. The summed E-state index contributed by atoms with van der Waals surface area (Å²) in [7, 11) is -1.34. The highest BCUT2D eigenvalue weighted by Gasteiger charge is 2.43. The molecule has 2 saturated heterocycles. The number of carbonyl (C=O) groups is 1. The summed E-state index contributed by atoms with van der Waals surface area (Å²) in [6, 6.07) is 6.46. The van der Waals surface area contributed by atoms with Crippen LogP contribution in [0.15, 0.2) is 35.1 Å². The Bertz CT molecular complexity index is 966. The molecule has 2 fully saturated rings. The molecule has 4 rings (SSSR count). The molecule has 1 aromatic carbocycles. The smallest absolute Gasteiger partial charge is 0.414 e. The maximum Gasteiger partial charge on any atom is 0.414 e. The van der Waals surface area contributed by atoms with Gasteiger partial charge in [0.2, 0.25) is 0 Å². The minimum Gasteiger partial charge on any atom is -0.471 e. The van der Waals surface area contributed by atoms with Gasteiger partial charge in [0, 0.05) is 18.5 Å². The molecule has 33 heavy (non-hydrogen) atoms. The van der Waals surface area contributed by atoms with E-state index in [2.05, 4.69) is 39.0 Å². The fraction of sp³-hybridized carbons (Fsp3) is 0.565. The summed E-state index contributed by atoms with van der Waals surface area (Å²) in [4.78, 5) is 15.8. The number of aromatic nitrogens is 1. The SMILES string of the molecule is C[SiH](C)OC1[C@@H](C(C)(C)C)CCN1c1ccc(N2CC(COc3ccon3)OC2=O)cc1F. The minimum atomic E-state index is -1.34. The van der Waals surface area contributed by atoms with E-state index in [1.54, 1.807) is 18.2 Å². The van der Waals surface area contributed by atoms with Crippen molar-refractivity contribution in [1.82, 2.24) is 5.16 Å². The van der Waals surface area contributed by atoms with Gasteiger partial charge in [-0.15, -0.1) is 0 Å². The van der Waals surface area contributed by atoms with Gasteiger partial charge in [0.1, 0.15) is 24.9 Å². The molecule has 2 aromatic rings. The van der Waals surface area contributed by atoms with Gasteiger partial charge in [-0.05, 0) is 48.3 Å². The fourth-order valence-electron chi connectivity index (χ4n) is 4.50. The number of rotatable bonds is 7. The van der Waals surface area contributed by atoms with Crippen LogP contribution < -0.4 is 14.5 Å². The van der Waals surface area contributed by atoms with Crippen LogP contribution in [0.5, 0.6) is 5.88 Å². The zero-order chi connectivity index (χ0) is 23.8. The largest absolute Gasteiger partial charge is 0.471 e. The van der Waals surface area contributed by atoms with E-state index < -0.39 is 21.2 Å². The van der Waals surface area contributed by atoms with Crippen molar-refractivity contribution in [2.75, 3.05) is 29.5 Å². The molecule has 2 unspecified atom stereocenters. The minimum absolute atomic E-state index is 0.0570. The standard InChI is InChI=1S/C23H32FN3O5Si/c1-23(2,3)17-8-10-26(21(17)32-33(4)5)19-7-6-15(12-18(19)24)27-13-16(31-22(27)28)14-29-20-9-11-30-25-20/h6-7,9,11-12,16-17,21,33H,8,10,13-14H2,1-5H3/t16?,17-,21?/m0/s1. The van der Waals surface area contributed by atoms with Gasteiger partial charge in [-0.1, -0.05) is 20.8 Å². The molecule has 0 spiro atoms. The van der Waals surface area contributed by atoms with Crippen LogP contribution in [0.25, 0.3) is 0 Å². The van der Waals surface area contributed by atoms with E-state index in [-0.39, 0.29) is 30.6 Å². The van der Waals surface area contributed by atoms with Crippen LogP contribution in [0.2, 0.25) is 13.1 Å². The highest BCUT2D eigenvalue weighted by Crippen LogP contribution is 2.42. The normalized spacial score (nSPS) is 23.5. The van der Waals surface area contributed by atoms with E-state index in [4.69, 9.17) is 18.4 Å². The Morgan fingerprint density at radius 3 is 2.70 bits per heavy atom. The van der Waals surface area contributed by atoms with Crippen LogP contribution in [-0.2, 0) is 9.16 Å². The summed E-state index contributed by atoms with van der Waals surface area (Å²) in [5.41, 5.74) is 1.01. The first-order valence-corrected chi connectivity index (χ1v) is 14.1. The lowest BCUT2D eigenvalue weighted by atomic mass is 9.79. The maximum atomic E-state index is 15.3. The van der Waals surface area contributed by atoms with Gasteiger partial charge < -0.3 is 23.3 Å². The molecule has 2 aliphatic heterocycles. The number of amides is 1. The van der Waals surface area contributed by atoms with Crippen molar-refractivity contribution in [3.8, 4) is 5.88 Å². The van der Waals surface area contributed by atoms with Crippen LogP contribution in [0.3, 0.4) is 0 Å². The zero-order valence-electron chi connectivity index (χ0n) is 19.8. The highest BCUT2D eigenvalue weighted by molar-refractivity contribution is 6.48. The Balaban J connectivity index is 1.48. The van der Waals surface area contributed by atoms with Gasteiger partial charge in [0.05, 0.1) is 17.9 Å². The van der Waals surface area contributed by atoms with E-state index in [1.807, 2.05) is 4.90 Å². The molecular weight excluding hydrogens is 445 g/mol. The number of anilines is 2. The Hall–Kier alpha value is -2.59. The second-order valence-electron chi connectivity index (χ2n) is 9.93. The number of ether oxygens (including phenoxy) is 2. The number of halogens is 1.